The predicted molar refractivity (Wildman–Crippen MR) is 62.6 cm³/mol. The molecule has 1 rings (SSSR count). The summed E-state index contributed by atoms with van der Waals surface area (Å²) in [7, 11) is 1.39. The Kier molecular flexibility index (Phi) is 4.51. The first-order chi connectivity index (χ1) is 7.86. The van der Waals surface area contributed by atoms with E-state index < -0.39 is 11.4 Å². The Morgan fingerprint density at radius 2 is 2.12 bits per heavy atom. The highest BCUT2D eigenvalue weighted by Gasteiger charge is 2.33. The number of esters is 1. The van der Waals surface area contributed by atoms with Crippen molar-refractivity contribution in [2.45, 2.75) is 26.7 Å². The molecule has 1 heterocycles. The predicted octanol–water partition coefficient (Wildman–Crippen LogP) is 0.982. The molecule has 0 aromatic heterocycles. The second kappa shape index (κ2) is 5.49. The van der Waals surface area contributed by atoms with E-state index in [4.69, 9.17) is 9.84 Å². The van der Waals surface area contributed by atoms with Crippen LogP contribution in [-0.4, -0.2) is 48.7 Å². The molecule has 0 aromatic carbocycles. The molecule has 0 saturated carbocycles. The fourth-order valence-electron chi connectivity index (χ4n) is 2.18. The molecule has 1 aliphatic rings. The average molecular weight is 243 g/mol. The minimum Gasteiger partial charge on any atom is -0.481 e. The summed E-state index contributed by atoms with van der Waals surface area (Å²) in [5.41, 5.74) is -0.780. The van der Waals surface area contributed by atoms with Crippen molar-refractivity contribution in [3.05, 3.63) is 0 Å². The molecular weight excluding hydrogens is 222 g/mol. The Bertz CT molecular complexity index is 301. The number of carboxylic acids is 1. The Morgan fingerprint density at radius 3 is 2.65 bits per heavy atom. The van der Waals surface area contributed by atoms with E-state index in [9.17, 15) is 9.59 Å². The number of carbonyl (C=O) groups excluding carboxylic acids is 1. The number of ether oxygens (including phenoxy) is 1. The number of carboxylic acid groups (broad SMARTS) is 1. The number of rotatable bonds is 4. The highest BCUT2D eigenvalue weighted by molar-refractivity contribution is 5.74. The third-order valence-corrected chi connectivity index (χ3v) is 3.24. The molecule has 1 fully saturated rings. The van der Waals surface area contributed by atoms with E-state index in [0.717, 1.165) is 19.4 Å². The van der Waals surface area contributed by atoms with Crippen molar-refractivity contribution in [2.75, 3.05) is 26.7 Å². The first-order valence-corrected chi connectivity index (χ1v) is 5.90. The van der Waals surface area contributed by atoms with Crippen molar-refractivity contribution in [1.82, 2.24) is 4.90 Å². The van der Waals surface area contributed by atoms with Gasteiger partial charge in [-0.3, -0.25) is 9.59 Å². The number of nitrogens with zero attached hydrogens (tertiary/aromatic N) is 1. The van der Waals surface area contributed by atoms with Crippen molar-refractivity contribution in [3.63, 3.8) is 0 Å². The molecule has 0 spiro atoms. The summed E-state index contributed by atoms with van der Waals surface area (Å²) in [6.45, 7) is 5.33. The van der Waals surface area contributed by atoms with Crippen LogP contribution in [0.25, 0.3) is 0 Å². The molecule has 1 atom stereocenters. The van der Waals surface area contributed by atoms with Gasteiger partial charge in [-0.2, -0.15) is 0 Å². The lowest BCUT2D eigenvalue weighted by Gasteiger charge is -2.35. The molecule has 1 aliphatic heterocycles. The van der Waals surface area contributed by atoms with Gasteiger partial charge in [0.1, 0.15) is 0 Å². The van der Waals surface area contributed by atoms with E-state index in [1.165, 1.54) is 7.11 Å². The molecule has 1 N–H and O–H groups in total. The summed E-state index contributed by atoms with van der Waals surface area (Å²) in [6.07, 6.45) is 1.74. The van der Waals surface area contributed by atoms with Gasteiger partial charge in [0.25, 0.3) is 0 Å². The van der Waals surface area contributed by atoms with Gasteiger partial charge in [0.2, 0.25) is 0 Å². The first kappa shape index (κ1) is 14.0. The summed E-state index contributed by atoms with van der Waals surface area (Å²) in [4.78, 5) is 24.5. The van der Waals surface area contributed by atoms with Crippen molar-refractivity contribution in [1.29, 1.82) is 0 Å². The number of likely N-dealkylation sites (tertiary alicyclic amines) is 1. The standard InChI is InChI=1S/C12H21NO4/c1-12(2,11(15)16)8-13-6-4-5-9(7-13)10(14)17-3/h9H,4-8H2,1-3H3,(H,15,16). The zero-order valence-corrected chi connectivity index (χ0v) is 10.7. The van der Waals surface area contributed by atoms with Gasteiger partial charge in [-0.1, -0.05) is 0 Å². The van der Waals surface area contributed by atoms with Gasteiger partial charge in [-0.05, 0) is 33.2 Å². The molecule has 5 heteroatoms. The van der Waals surface area contributed by atoms with Crippen LogP contribution >= 0.6 is 0 Å². The second-order valence-electron chi connectivity index (χ2n) is 5.29. The first-order valence-electron chi connectivity index (χ1n) is 5.90. The maximum Gasteiger partial charge on any atom is 0.310 e. The molecule has 17 heavy (non-hydrogen) atoms. The summed E-state index contributed by atoms with van der Waals surface area (Å²) < 4.78 is 4.73. The number of aliphatic carboxylic acids is 1. The SMILES string of the molecule is COC(=O)C1CCCN(CC(C)(C)C(=O)O)C1. The fraction of sp³-hybridized carbons (Fsp3) is 0.833. The van der Waals surface area contributed by atoms with Crippen LogP contribution in [0.3, 0.4) is 0 Å². The smallest absolute Gasteiger partial charge is 0.310 e. The number of carbonyl (C=O) groups is 2. The van der Waals surface area contributed by atoms with Gasteiger partial charge >= 0.3 is 11.9 Å². The molecule has 0 aliphatic carbocycles. The van der Waals surface area contributed by atoms with Crippen LogP contribution in [0.4, 0.5) is 0 Å². The largest absolute Gasteiger partial charge is 0.481 e. The Hall–Kier alpha value is -1.10. The Labute approximate surface area is 102 Å². The van der Waals surface area contributed by atoms with Gasteiger partial charge in [0, 0.05) is 13.1 Å². The van der Waals surface area contributed by atoms with Crippen molar-refractivity contribution < 1.29 is 19.4 Å². The van der Waals surface area contributed by atoms with E-state index in [1.807, 2.05) is 4.90 Å². The van der Waals surface area contributed by atoms with Crippen LogP contribution in [0.2, 0.25) is 0 Å². The Balaban J connectivity index is 2.56. The lowest BCUT2D eigenvalue weighted by molar-refractivity contribution is -0.149. The molecule has 0 aromatic rings. The number of methoxy groups -OCH3 is 1. The quantitative estimate of drug-likeness (QED) is 0.746. The topological polar surface area (TPSA) is 66.8 Å². The van der Waals surface area contributed by atoms with Gasteiger partial charge in [0.05, 0.1) is 18.4 Å². The number of hydrogen-bond donors (Lipinski definition) is 1. The summed E-state index contributed by atoms with van der Waals surface area (Å²) in [6, 6.07) is 0. The third-order valence-electron chi connectivity index (χ3n) is 3.24. The zero-order chi connectivity index (χ0) is 13.1. The van der Waals surface area contributed by atoms with Gasteiger partial charge in [-0.15, -0.1) is 0 Å². The maximum absolute atomic E-state index is 11.4. The molecule has 0 amide bonds. The minimum atomic E-state index is -0.808. The summed E-state index contributed by atoms with van der Waals surface area (Å²) >= 11 is 0. The lowest BCUT2D eigenvalue weighted by atomic mass is 9.90. The van der Waals surface area contributed by atoms with E-state index in [0.29, 0.717) is 13.1 Å². The van der Waals surface area contributed by atoms with Crippen LogP contribution in [-0.2, 0) is 14.3 Å². The Morgan fingerprint density at radius 1 is 1.47 bits per heavy atom. The minimum absolute atomic E-state index is 0.113. The van der Waals surface area contributed by atoms with Crippen molar-refractivity contribution in [2.24, 2.45) is 11.3 Å². The fourth-order valence-corrected chi connectivity index (χ4v) is 2.18. The van der Waals surface area contributed by atoms with Crippen LogP contribution < -0.4 is 0 Å². The zero-order valence-electron chi connectivity index (χ0n) is 10.7. The van der Waals surface area contributed by atoms with Crippen LogP contribution in [0, 0.1) is 11.3 Å². The summed E-state index contributed by atoms with van der Waals surface area (Å²) in [5.74, 6) is -1.11. The number of piperidine rings is 1. The highest BCUT2D eigenvalue weighted by atomic mass is 16.5. The van der Waals surface area contributed by atoms with Gasteiger partial charge in [-0.25, -0.2) is 0 Å². The monoisotopic (exact) mass is 243 g/mol. The number of hydrogen-bond acceptors (Lipinski definition) is 4. The summed E-state index contributed by atoms with van der Waals surface area (Å²) in [5, 5.41) is 9.07. The van der Waals surface area contributed by atoms with Crippen LogP contribution in [0.15, 0.2) is 0 Å². The maximum atomic E-state index is 11.4. The third kappa shape index (κ3) is 3.70. The lowest BCUT2D eigenvalue weighted by Crippen LogP contribution is -2.45. The van der Waals surface area contributed by atoms with Gasteiger partial charge in [0.15, 0.2) is 0 Å². The van der Waals surface area contributed by atoms with Crippen molar-refractivity contribution >= 4 is 11.9 Å². The molecule has 98 valence electrons. The van der Waals surface area contributed by atoms with Gasteiger partial charge < -0.3 is 14.7 Å². The van der Waals surface area contributed by atoms with E-state index in [2.05, 4.69) is 0 Å². The molecule has 5 nitrogen and oxygen atoms in total. The molecule has 1 saturated heterocycles. The van der Waals surface area contributed by atoms with E-state index in [1.54, 1.807) is 13.8 Å². The second-order valence-corrected chi connectivity index (χ2v) is 5.29. The van der Waals surface area contributed by atoms with Crippen LogP contribution in [0.1, 0.15) is 26.7 Å². The molecular formula is C12H21NO4. The molecule has 0 bridgehead atoms. The highest BCUT2D eigenvalue weighted by Crippen LogP contribution is 2.23. The molecule has 1 unspecified atom stereocenters. The normalized spacial score (nSPS) is 22.2. The van der Waals surface area contributed by atoms with Crippen molar-refractivity contribution in [3.8, 4) is 0 Å². The molecule has 0 radical (unpaired) electrons. The van der Waals surface area contributed by atoms with E-state index >= 15 is 0 Å². The van der Waals surface area contributed by atoms with Crippen LogP contribution in [0.5, 0.6) is 0 Å². The average Bonchev–Trinajstić information content (AvgIpc) is 2.27. The van der Waals surface area contributed by atoms with E-state index in [-0.39, 0.29) is 11.9 Å².